The van der Waals surface area contributed by atoms with Crippen molar-refractivity contribution in [1.82, 2.24) is 29.6 Å². The lowest BCUT2D eigenvalue weighted by Gasteiger charge is -2.16. The van der Waals surface area contributed by atoms with Crippen molar-refractivity contribution in [3.8, 4) is 10.6 Å². The molecule has 2 fully saturated rings. The van der Waals surface area contributed by atoms with Crippen LogP contribution in [0.15, 0.2) is 36.8 Å². The highest BCUT2D eigenvalue weighted by Gasteiger charge is 2.19. The first-order chi connectivity index (χ1) is 16.2. The van der Waals surface area contributed by atoms with Crippen LogP contribution in [0.3, 0.4) is 0 Å². The van der Waals surface area contributed by atoms with Crippen LogP contribution < -0.4 is 5.32 Å². The molecule has 0 spiro atoms. The second-order valence-corrected chi connectivity index (χ2v) is 9.88. The monoisotopic (exact) mass is 461 g/mol. The van der Waals surface area contributed by atoms with E-state index in [9.17, 15) is 0 Å². The third-order valence-electron chi connectivity index (χ3n) is 6.43. The Hall–Kier alpha value is -2.88. The fourth-order valence-electron chi connectivity index (χ4n) is 4.49. The molecule has 1 N–H and O–H groups in total. The van der Waals surface area contributed by atoms with Crippen LogP contribution in [0.1, 0.15) is 36.6 Å². The van der Waals surface area contributed by atoms with E-state index in [-0.39, 0.29) is 0 Å². The molecule has 1 unspecified atom stereocenters. The summed E-state index contributed by atoms with van der Waals surface area (Å²) in [6.45, 7) is 6.90. The topological polar surface area (TPSA) is 81.0 Å². The average molecular weight is 462 g/mol. The molecule has 2 aliphatic rings. The molecule has 2 saturated heterocycles. The first kappa shape index (κ1) is 20.7. The second-order valence-electron chi connectivity index (χ2n) is 8.85. The van der Waals surface area contributed by atoms with Crippen molar-refractivity contribution in [2.45, 2.75) is 38.8 Å². The third kappa shape index (κ3) is 4.36. The van der Waals surface area contributed by atoms with E-state index in [0.717, 1.165) is 77.4 Å². The number of nitrogens with zero attached hydrogens (tertiary/aromatic N) is 6. The van der Waals surface area contributed by atoms with Gasteiger partial charge >= 0.3 is 0 Å². The van der Waals surface area contributed by atoms with Crippen molar-refractivity contribution in [2.75, 3.05) is 31.6 Å². The van der Waals surface area contributed by atoms with Gasteiger partial charge in [-0.15, -0.1) is 11.3 Å². The standard InChI is InChI=1S/C24H27N7OS/c1-16-4-5-22(27-20(16)14-30-7-2-3-8-30)29-23-10-19-21(12-25-23)33-24(28-19)17-11-26-31(13-17)18-6-9-32-15-18/h4-5,10-13,18H,2-3,6-9,14-15H2,1H3,(H,25,27,29). The van der Waals surface area contributed by atoms with Gasteiger partial charge in [0.15, 0.2) is 0 Å². The molecule has 2 aliphatic heterocycles. The molecule has 0 aliphatic carbocycles. The van der Waals surface area contributed by atoms with Crippen LogP contribution in [-0.2, 0) is 11.3 Å². The number of rotatable bonds is 6. The molecule has 6 rings (SSSR count). The molecule has 0 saturated carbocycles. The van der Waals surface area contributed by atoms with Crippen LogP contribution >= 0.6 is 11.3 Å². The van der Waals surface area contributed by atoms with Gasteiger partial charge in [-0.3, -0.25) is 9.58 Å². The minimum atomic E-state index is 0.322. The van der Waals surface area contributed by atoms with Gasteiger partial charge in [-0.25, -0.2) is 15.0 Å². The zero-order valence-electron chi connectivity index (χ0n) is 18.7. The molecule has 4 aromatic rings. The van der Waals surface area contributed by atoms with Crippen molar-refractivity contribution in [3.63, 3.8) is 0 Å². The van der Waals surface area contributed by atoms with E-state index in [0.29, 0.717) is 6.04 Å². The number of aryl methyl sites for hydroxylation is 1. The molecule has 170 valence electrons. The van der Waals surface area contributed by atoms with Gasteiger partial charge in [-0.1, -0.05) is 6.07 Å². The first-order valence-corrected chi connectivity index (χ1v) is 12.4. The Bertz CT molecular complexity index is 1270. The van der Waals surface area contributed by atoms with Crippen LogP contribution in [-0.4, -0.2) is 55.9 Å². The molecule has 0 amide bonds. The van der Waals surface area contributed by atoms with Crippen LogP contribution in [0.25, 0.3) is 20.8 Å². The minimum Gasteiger partial charge on any atom is -0.379 e. The highest BCUT2D eigenvalue weighted by Crippen LogP contribution is 2.32. The molecule has 0 bridgehead atoms. The Balaban J connectivity index is 1.21. The summed E-state index contributed by atoms with van der Waals surface area (Å²) < 4.78 is 8.54. The summed E-state index contributed by atoms with van der Waals surface area (Å²) in [7, 11) is 0. The fraction of sp³-hybridized carbons (Fsp3) is 0.417. The SMILES string of the molecule is Cc1ccc(Nc2cc3nc(-c4cnn(C5CCOC5)c4)sc3cn2)nc1CN1CCCC1. The van der Waals surface area contributed by atoms with E-state index >= 15 is 0 Å². The molecule has 1 atom stereocenters. The number of likely N-dealkylation sites (tertiary alicyclic amines) is 1. The number of fused-ring (bicyclic) bond motifs is 1. The lowest BCUT2D eigenvalue weighted by atomic mass is 10.2. The zero-order chi connectivity index (χ0) is 22.2. The van der Waals surface area contributed by atoms with E-state index in [4.69, 9.17) is 14.7 Å². The number of hydrogen-bond donors (Lipinski definition) is 1. The number of anilines is 2. The minimum absolute atomic E-state index is 0.322. The fourth-order valence-corrected chi connectivity index (χ4v) is 5.38. The van der Waals surface area contributed by atoms with Gasteiger partial charge in [0, 0.05) is 37.2 Å². The van der Waals surface area contributed by atoms with Gasteiger partial charge in [0.05, 0.1) is 34.8 Å². The summed E-state index contributed by atoms with van der Waals surface area (Å²) in [6.07, 6.45) is 9.42. The Kier molecular flexibility index (Phi) is 5.53. The maximum Gasteiger partial charge on any atom is 0.133 e. The lowest BCUT2D eigenvalue weighted by molar-refractivity contribution is 0.184. The van der Waals surface area contributed by atoms with Crippen molar-refractivity contribution < 1.29 is 4.74 Å². The van der Waals surface area contributed by atoms with Gasteiger partial charge in [0.25, 0.3) is 0 Å². The average Bonchev–Trinajstić information content (AvgIpc) is 3.61. The summed E-state index contributed by atoms with van der Waals surface area (Å²) in [5, 5.41) is 8.86. The van der Waals surface area contributed by atoms with Gasteiger partial charge in [0.1, 0.15) is 16.6 Å². The summed E-state index contributed by atoms with van der Waals surface area (Å²) in [4.78, 5) is 16.8. The predicted octanol–water partition coefficient (Wildman–Crippen LogP) is 4.56. The molecule has 33 heavy (non-hydrogen) atoms. The van der Waals surface area contributed by atoms with Crippen LogP contribution in [0.4, 0.5) is 11.6 Å². The molecule has 0 radical (unpaired) electrons. The number of thiazole rings is 1. The smallest absolute Gasteiger partial charge is 0.133 e. The van der Waals surface area contributed by atoms with E-state index in [1.165, 1.54) is 18.4 Å². The Morgan fingerprint density at radius 1 is 1.15 bits per heavy atom. The van der Waals surface area contributed by atoms with Crippen molar-refractivity contribution >= 4 is 33.2 Å². The highest BCUT2D eigenvalue weighted by atomic mass is 32.1. The third-order valence-corrected chi connectivity index (χ3v) is 7.49. The molecular formula is C24H27N7OS. The first-order valence-electron chi connectivity index (χ1n) is 11.6. The maximum absolute atomic E-state index is 5.49. The van der Waals surface area contributed by atoms with Crippen LogP contribution in [0, 0.1) is 6.92 Å². The Labute approximate surface area is 196 Å². The second kappa shape index (κ2) is 8.81. The predicted molar refractivity (Wildman–Crippen MR) is 130 cm³/mol. The molecule has 8 nitrogen and oxygen atoms in total. The summed E-state index contributed by atoms with van der Waals surface area (Å²) >= 11 is 1.64. The van der Waals surface area contributed by atoms with Gasteiger partial charge in [-0.05, 0) is 50.9 Å². The number of ether oxygens (including phenoxy) is 1. The zero-order valence-corrected chi connectivity index (χ0v) is 19.5. The largest absolute Gasteiger partial charge is 0.379 e. The number of nitrogens with one attached hydrogen (secondary N) is 1. The molecule has 6 heterocycles. The quantitative estimate of drug-likeness (QED) is 0.451. The summed E-state index contributed by atoms with van der Waals surface area (Å²) in [6, 6.07) is 6.46. The van der Waals surface area contributed by atoms with Crippen molar-refractivity contribution in [2.24, 2.45) is 0 Å². The highest BCUT2D eigenvalue weighted by molar-refractivity contribution is 7.21. The van der Waals surface area contributed by atoms with Crippen molar-refractivity contribution in [3.05, 3.63) is 48.0 Å². The van der Waals surface area contributed by atoms with Gasteiger partial charge in [-0.2, -0.15) is 5.10 Å². The Morgan fingerprint density at radius 3 is 2.91 bits per heavy atom. The van der Waals surface area contributed by atoms with E-state index in [2.05, 4.69) is 39.5 Å². The summed E-state index contributed by atoms with van der Waals surface area (Å²) in [5.74, 6) is 1.57. The van der Waals surface area contributed by atoms with Crippen LogP contribution in [0.2, 0.25) is 0 Å². The Morgan fingerprint density at radius 2 is 2.06 bits per heavy atom. The van der Waals surface area contributed by atoms with Gasteiger partial charge < -0.3 is 10.1 Å². The molecular weight excluding hydrogens is 434 g/mol. The number of aromatic nitrogens is 5. The summed E-state index contributed by atoms with van der Waals surface area (Å²) in [5.41, 5.74) is 4.31. The number of pyridine rings is 2. The van der Waals surface area contributed by atoms with E-state index in [1.54, 1.807) is 11.3 Å². The van der Waals surface area contributed by atoms with E-state index in [1.807, 2.05) is 29.2 Å². The normalized spacial score (nSPS) is 19.0. The molecule has 4 aromatic heterocycles. The maximum atomic E-state index is 5.49. The van der Waals surface area contributed by atoms with Gasteiger partial charge in [0.2, 0.25) is 0 Å². The van der Waals surface area contributed by atoms with Crippen molar-refractivity contribution in [1.29, 1.82) is 0 Å². The van der Waals surface area contributed by atoms with Crippen LogP contribution in [0.5, 0.6) is 0 Å². The lowest BCUT2D eigenvalue weighted by Crippen LogP contribution is -2.20. The van der Waals surface area contributed by atoms with E-state index < -0.39 is 0 Å². The number of hydrogen-bond acceptors (Lipinski definition) is 8. The molecule has 0 aromatic carbocycles. The molecule has 9 heteroatoms.